The fourth-order valence-electron chi connectivity index (χ4n) is 3.97. The summed E-state index contributed by atoms with van der Waals surface area (Å²) < 4.78 is 15.1. The van der Waals surface area contributed by atoms with Crippen molar-refractivity contribution in [2.24, 2.45) is 0 Å². The largest absolute Gasteiger partial charge is 0.322 e. The molecule has 0 bridgehead atoms. The predicted octanol–water partition coefficient (Wildman–Crippen LogP) is 6.18. The Morgan fingerprint density at radius 2 is 1.65 bits per heavy atom. The molecule has 190 valence electrons. The van der Waals surface area contributed by atoms with Gasteiger partial charge in [-0.15, -0.1) is 0 Å². The number of halogens is 1. The van der Waals surface area contributed by atoms with Crippen molar-refractivity contribution < 1.29 is 14.0 Å². The Labute approximate surface area is 215 Å². The number of rotatable bonds is 7. The van der Waals surface area contributed by atoms with Gasteiger partial charge in [-0.2, -0.15) is 5.10 Å². The molecule has 0 saturated heterocycles. The molecule has 0 aliphatic heterocycles. The lowest BCUT2D eigenvalue weighted by Crippen LogP contribution is -2.44. The average molecular weight is 500 g/mol. The molecule has 0 unspecified atom stereocenters. The standard InChI is InChI=1S/C29H30FN5O2/c1-19(2)34(29(37)31-25-15-10-20(3)16-21(25)4)18-28(36)32-27-17-26(22-8-6-5-7-9-22)33-35(27)24-13-11-23(30)12-14-24/h5-17,19H,18H2,1-4H3,(H,31,37)(H,32,36). The van der Waals surface area contributed by atoms with Crippen LogP contribution >= 0.6 is 0 Å². The highest BCUT2D eigenvalue weighted by Gasteiger charge is 2.22. The second-order valence-corrected chi connectivity index (χ2v) is 9.19. The molecule has 1 aromatic heterocycles. The van der Waals surface area contributed by atoms with Crippen LogP contribution in [0.4, 0.5) is 20.7 Å². The Morgan fingerprint density at radius 1 is 0.946 bits per heavy atom. The molecule has 8 heteroatoms. The monoisotopic (exact) mass is 499 g/mol. The summed E-state index contributed by atoms with van der Waals surface area (Å²) in [5, 5.41) is 10.4. The lowest BCUT2D eigenvalue weighted by molar-refractivity contribution is -0.117. The van der Waals surface area contributed by atoms with Crippen LogP contribution in [0.5, 0.6) is 0 Å². The molecule has 0 radical (unpaired) electrons. The Kier molecular flexibility index (Phi) is 7.67. The number of nitrogens with zero attached hydrogens (tertiary/aromatic N) is 3. The van der Waals surface area contributed by atoms with Crippen LogP contribution in [0.1, 0.15) is 25.0 Å². The van der Waals surface area contributed by atoms with Crippen LogP contribution in [-0.2, 0) is 4.79 Å². The van der Waals surface area contributed by atoms with Gasteiger partial charge in [0.25, 0.3) is 0 Å². The van der Waals surface area contributed by atoms with Gasteiger partial charge in [0.2, 0.25) is 5.91 Å². The van der Waals surface area contributed by atoms with Crippen molar-refractivity contribution in [2.45, 2.75) is 33.7 Å². The van der Waals surface area contributed by atoms with E-state index in [4.69, 9.17) is 0 Å². The van der Waals surface area contributed by atoms with Crippen LogP contribution in [0, 0.1) is 19.7 Å². The van der Waals surface area contributed by atoms with Crippen LogP contribution < -0.4 is 10.6 Å². The fourth-order valence-corrected chi connectivity index (χ4v) is 3.97. The number of urea groups is 1. The topological polar surface area (TPSA) is 79.3 Å². The molecule has 3 aromatic carbocycles. The highest BCUT2D eigenvalue weighted by atomic mass is 19.1. The van der Waals surface area contributed by atoms with Crippen molar-refractivity contribution in [3.63, 3.8) is 0 Å². The Balaban J connectivity index is 1.56. The first-order chi connectivity index (χ1) is 17.7. The molecule has 0 saturated carbocycles. The van der Waals surface area contributed by atoms with Gasteiger partial charge >= 0.3 is 6.03 Å². The van der Waals surface area contributed by atoms with Gasteiger partial charge in [-0.25, -0.2) is 13.9 Å². The van der Waals surface area contributed by atoms with Crippen LogP contribution in [0.3, 0.4) is 0 Å². The SMILES string of the molecule is Cc1ccc(NC(=O)N(CC(=O)Nc2cc(-c3ccccc3)nn2-c2ccc(F)cc2)C(C)C)c(C)c1. The van der Waals surface area contributed by atoms with Gasteiger partial charge in [-0.1, -0.05) is 48.0 Å². The molecule has 0 atom stereocenters. The van der Waals surface area contributed by atoms with E-state index in [2.05, 4.69) is 15.7 Å². The molecule has 2 N–H and O–H groups in total. The lowest BCUT2D eigenvalue weighted by atomic mass is 10.1. The zero-order chi connectivity index (χ0) is 26.5. The third kappa shape index (κ3) is 6.22. The summed E-state index contributed by atoms with van der Waals surface area (Å²) in [6.07, 6.45) is 0. The summed E-state index contributed by atoms with van der Waals surface area (Å²) >= 11 is 0. The maximum atomic E-state index is 13.5. The molecule has 3 amide bonds. The van der Waals surface area contributed by atoms with E-state index in [1.807, 2.05) is 76.2 Å². The van der Waals surface area contributed by atoms with Gasteiger partial charge in [0.1, 0.15) is 18.2 Å². The van der Waals surface area contributed by atoms with E-state index in [1.165, 1.54) is 17.0 Å². The molecule has 0 aliphatic rings. The summed E-state index contributed by atoms with van der Waals surface area (Å²) in [5.74, 6) is -0.339. The molecule has 1 heterocycles. The summed E-state index contributed by atoms with van der Waals surface area (Å²) in [6, 6.07) is 22.3. The van der Waals surface area contributed by atoms with Gasteiger partial charge in [-0.05, 0) is 63.6 Å². The van der Waals surface area contributed by atoms with Gasteiger partial charge in [0.15, 0.2) is 0 Å². The zero-order valence-corrected chi connectivity index (χ0v) is 21.3. The number of hydrogen-bond donors (Lipinski definition) is 2. The average Bonchev–Trinajstić information content (AvgIpc) is 3.28. The number of amides is 3. The van der Waals surface area contributed by atoms with Crippen LogP contribution in [0.15, 0.2) is 78.9 Å². The van der Waals surface area contributed by atoms with Crippen molar-refractivity contribution in [3.05, 3.63) is 95.8 Å². The summed E-state index contributed by atoms with van der Waals surface area (Å²) in [7, 11) is 0. The number of carbonyl (C=O) groups is 2. The third-order valence-electron chi connectivity index (χ3n) is 5.94. The van der Waals surface area contributed by atoms with E-state index in [1.54, 1.807) is 22.9 Å². The first-order valence-electron chi connectivity index (χ1n) is 12.1. The fraction of sp³-hybridized carbons (Fsp3) is 0.207. The number of aryl methyl sites for hydroxylation is 2. The molecule has 0 aliphatic carbocycles. The molecular formula is C29H30FN5O2. The second kappa shape index (κ2) is 11.1. The van der Waals surface area contributed by atoms with Crippen LogP contribution in [-0.4, -0.2) is 39.2 Å². The van der Waals surface area contributed by atoms with Gasteiger partial charge in [0.05, 0.1) is 11.4 Å². The Morgan fingerprint density at radius 3 is 2.30 bits per heavy atom. The maximum Gasteiger partial charge on any atom is 0.322 e. The molecule has 4 aromatic rings. The van der Waals surface area contributed by atoms with Gasteiger partial charge in [-0.3, -0.25) is 4.79 Å². The number of nitrogens with one attached hydrogen (secondary N) is 2. The first-order valence-corrected chi connectivity index (χ1v) is 12.1. The van der Waals surface area contributed by atoms with Crippen LogP contribution in [0.25, 0.3) is 16.9 Å². The van der Waals surface area contributed by atoms with E-state index in [0.717, 1.165) is 16.7 Å². The lowest BCUT2D eigenvalue weighted by Gasteiger charge is -2.26. The summed E-state index contributed by atoms with van der Waals surface area (Å²) in [4.78, 5) is 27.7. The van der Waals surface area contributed by atoms with Crippen molar-refractivity contribution in [2.75, 3.05) is 17.2 Å². The number of hydrogen-bond acceptors (Lipinski definition) is 3. The summed E-state index contributed by atoms with van der Waals surface area (Å²) in [5.41, 5.74) is 4.85. The quantitative estimate of drug-likeness (QED) is 0.319. The van der Waals surface area contributed by atoms with E-state index in [-0.39, 0.29) is 30.3 Å². The number of anilines is 2. The normalized spacial score (nSPS) is 10.9. The smallest absolute Gasteiger partial charge is 0.313 e. The van der Waals surface area contributed by atoms with Crippen molar-refractivity contribution in [1.82, 2.24) is 14.7 Å². The van der Waals surface area contributed by atoms with Crippen molar-refractivity contribution in [3.8, 4) is 16.9 Å². The zero-order valence-electron chi connectivity index (χ0n) is 21.3. The Bertz CT molecular complexity index is 1400. The number of carbonyl (C=O) groups excluding carboxylic acids is 2. The van der Waals surface area contributed by atoms with E-state index < -0.39 is 0 Å². The first kappa shape index (κ1) is 25.6. The third-order valence-corrected chi connectivity index (χ3v) is 5.94. The highest BCUT2D eigenvalue weighted by Crippen LogP contribution is 2.25. The number of aromatic nitrogens is 2. The molecule has 0 spiro atoms. The highest BCUT2D eigenvalue weighted by molar-refractivity contribution is 5.97. The molecule has 37 heavy (non-hydrogen) atoms. The number of benzene rings is 3. The maximum absolute atomic E-state index is 13.5. The minimum absolute atomic E-state index is 0.163. The van der Waals surface area contributed by atoms with E-state index in [0.29, 0.717) is 22.9 Å². The van der Waals surface area contributed by atoms with Crippen LogP contribution in [0.2, 0.25) is 0 Å². The van der Waals surface area contributed by atoms with Gasteiger partial charge < -0.3 is 15.5 Å². The van der Waals surface area contributed by atoms with Gasteiger partial charge in [0, 0.05) is 23.4 Å². The minimum Gasteiger partial charge on any atom is -0.313 e. The predicted molar refractivity (Wildman–Crippen MR) is 144 cm³/mol. The Hall–Kier alpha value is -4.46. The molecule has 4 rings (SSSR count). The van der Waals surface area contributed by atoms with E-state index in [9.17, 15) is 14.0 Å². The van der Waals surface area contributed by atoms with Crippen molar-refractivity contribution in [1.29, 1.82) is 0 Å². The second-order valence-electron chi connectivity index (χ2n) is 9.19. The molecular weight excluding hydrogens is 469 g/mol. The van der Waals surface area contributed by atoms with E-state index >= 15 is 0 Å². The minimum atomic E-state index is -0.382. The summed E-state index contributed by atoms with van der Waals surface area (Å²) in [6.45, 7) is 7.46. The van der Waals surface area contributed by atoms with Crippen molar-refractivity contribution >= 4 is 23.4 Å². The molecule has 0 fully saturated rings. The molecule has 7 nitrogen and oxygen atoms in total.